The summed E-state index contributed by atoms with van der Waals surface area (Å²) in [5.41, 5.74) is 3.27. The molecule has 5 heteroatoms. The summed E-state index contributed by atoms with van der Waals surface area (Å²) in [4.78, 5) is 4.64. The third-order valence-electron chi connectivity index (χ3n) is 3.36. The fourth-order valence-electron chi connectivity index (χ4n) is 2.47. The second kappa shape index (κ2) is 5.42. The summed E-state index contributed by atoms with van der Waals surface area (Å²) in [6.45, 7) is 2.86. The lowest BCUT2D eigenvalue weighted by Gasteiger charge is -2.09. The zero-order valence-electron chi connectivity index (χ0n) is 11.9. The smallest absolute Gasteiger partial charge is 0.129 e. The van der Waals surface area contributed by atoms with Crippen LogP contribution in [0.3, 0.4) is 0 Å². The van der Waals surface area contributed by atoms with E-state index in [-0.39, 0.29) is 6.10 Å². The number of thiazole rings is 1. The van der Waals surface area contributed by atoms with Crippen LogP contribution in [-0.4, -0.2) is 25.2 Å². The van der Waals surface area contributed by atoms with Crippen LogP contribution in [-0.2, 0) is 13.0 Å². The maximum atomic E-state index is 5.83. The minimum atomic E-state index is 0.237. The molecule has 1 atom stereocenters. The number of aromatic nitrogens is 1. The Morgan fingerprint density at radius 1 is 1.50 bits per heavy atom. The molecule has 106 valence electrons. The molecule has 1 N–H and O–H groups in total. The minimum Gasteiger partial charge on any atom is -0.496 e. The van der Waals surface area contributed by atoms with Gasteiger partial charge in [0.1, 0.15) is 22.6 Å². The van der Waals surface area contributed by atoms with E-state index < -0.39 is 0 Å². The fourth-order valence-corrected chi connectivity index (χ4v) is 3.31. The van der Waals surface area contributed by atoms with Crippen molar-refractivity contribution in [1.82, 2.24) is 10.3 Å². The maximum absolute atomic E-state index is 5.83. The molecule has 1 unspecified atom stereocenters. The molecule has 0 fully saturated rings. The van der Waals surface area contributed by atoms with Gasteiger partial charge < -0.3 is 14.8 Å². The van der Waals surface area contributed by atoms with Crippen molar-refractivity contribution < 1.29 is 9.47 Å². The highest BCUT2D eigenvalue weighted by Gasteiger charge is 2.23. The highest BCUT2D eigenvalue weighted by atomic mass is 32.1. The van der Waals surface area contributed by atoms with Gasteiger partial charge in [-0.1, -0.05) is 0 Å². The van der Waals surface area contributed by atoms with Crippen LogP contribution in [0.4, 0.5) is 0 Å². The summed E-state index contributed by atoms with van der Waals surface area (Å²) in [5, 5.41) is 6.15. The molecule has 1 aromatic carbocycles. The van der Waals surface area contributed by atoms with Crippen molar-refractivity contribution in [3.63, 3.8) is 0 Å². The first-order valence-electron chi connectivity index (χ1n) is 6.68. The predicted octanol–water partition coefficient (Wildman–Crippen LogP) is 2.86. The van der Waals surface area contributed by atoms with Gasteiger partial charge in [0.05, 0.1) is 18.4 Å². The second-order valence-electron chi connectivity index (χ2n) is 4.97. The van der Waals surface area contributed by atoms with Crippen LogP contribution in [0, 0.1) is 0 Å². The molecule has 1 aromatic heterocycles. The first-order valence-corrected chi connectivity index (χ1v) is 7.56. The average Bonchev–Trinajstić information content (AvgIpc) is 3.02. The Morgan fingerprint density at radius 3 is 3.10 bits per heavy atom. The predicted molar refractivity (Wildman–Crippen MR) is 80.7 cm³/mol. The SMILES string of the molecule is CNCc1csc(-c2cc3c(cc2OC)CC(C)O3)n1. The lowest BCUT2D eigenvalue weighted by atomic mass is 10.1. The van der Waals surface area contributed by atoms with Crippen molar-refractivity contribution in [2.75, 3.05) is 14.2 Å². The number of fused-ring (bicyclic) bond motifs is 1. The number of rotatable bonds is 4. The van der Waals surface area contributed by atoms with Gasteiger partial charge in [0.15, 0.2) is 0 Å². The van der Waals surface area contributed by atoms with E-state index in [1.54, 1.807) is 18.4 Å². The van der Waals surface area contributed by atoms with Crippen LogP contribution in [0.25, 0.3) is 10.6 Å². The number of benzene rings is 1. The molecule has 0 saturated heterocycles. The van der Waals surface area contributed by atoms with Crippen molar-refractivity contribution in [3.05, 3.63) is 28.8 Å². The maximum Gasteiger partial charge on any atom is 0.129 e. The third-order valence-corrected chi connectivity index (χ3v) is 4.28. The highest BCUT2D eigenvalue weighted by molar-refractivity contribution is 7.13. The van der Waals surface area contributed by atoms with Gasteiger partial charge >= 0.3 is 0 Å². The average molecular weight is 290 g/mol. The molecule has 20 heavy (non-hydrogen) atoms. The Balaban J connectivity index is 2.01. The van der Waals surface area contributed by atoms with Crippen LogP contribution in [0.2, 0.25) is 0 Å². The monoisotopic (exact) mass is 290 g/mol. The second-order valence-corrected chi connectivity index (χ2v) is 5.83. The Kier molecular flexibility index (Phi) is 3.63. The van der Waals surface area contributed by atoms with Crippen molar-refractivity contribution >= 4 is 11.3 Å². The molecule has 0 bridgehead atoms. The summed E-state index contributed by atoms with van der Waals surface area (Å²) >= 11 is 1.63. The van der Waals surface area contributed by atoms with Gasteiger partial charge in [-0.25, -0.2) is 4.98 Å². The summed E-state index contributed by atoms with van der Waals surface area (Å²) in [5.74, 6) is 1.82. The molecule has 0 radical (unpaired) electrons. The van der Waals surface area contributed by atoms with Crippen molar-refractivity contribution in [1.29, 1.82) is 0 Å². The van der Waals surface area contributed by atoms with Crippen molar-refractivity contribution in [3.8, 4) is 22.1 Å². The molecule has 3 rings (SSSR count). The Morgan fingerprint density at radius 2 is 2.35 bits per heavy atom. The molecule has 0 aliphatic carbocycles. The molecular weight excluding hydrogens is 272 g/mol. The fraction of sp³-hybridized carbons (Fsp3) is 0.400. The first-order chi connectivity index (χ1) is 9.71. The largest absolute Gasteiger partial charge is 0.496 e. The van der Waals surface area contributed by atoms with E-state index in [4.69, 9.17) is 9.47 Å². The van der Waals surface area contributed by atoms with E-state index in [0.29, 0.717) is 0 Å². The molecule has 1 aliphatic rings. The number of hydrogen-bond acceptors (Lipinski definition) is 5. The lowest BCUT2D eigenvalue weighted by molar-refractivity contribution is 0.254. The Labute approximate surface area is 122 Å². The molecule has 0 spiro atoms. The summed E-state index contributed by atoms with van der Waals surface area (Å²) in [6.07, 6.45) is 1.18. The van der Waals surface area contributed by atoms with E-state index in [9.17, 15) is 0 Å². The zero-order chi connectivity index (χ0) is 14.1. The van der Waals surface area contributed by atoms with Gasteiger partial charge in [0, 0.05) is 23.9 Å². The molecular formula is C15H18N2O2S. The number of hydrogen-bond donors (Lipinski definition) is 1. The standard InChI is InChI=1S/C15H18N2O2S/c1-9-4-10-5-14(18-3)12(6-13(10)19-9)15-17-11(7-16-2)8-20-15/h5-6,8-9,16H,4,7H2,1-3H3. The topological polar surface area (TPSA) is 43.4 Å². The van der Waals surface area contributed by atoms with E-state index >= 15 is 0 Å². The highest BCUT2D eigenvalue weighted by Crippen LogP contribution is 2.40. The van der Waals surface area contributed by atoms with Gasteiger partial charge in [-0.3, -0.25) is 0 Å². The Bertz CT molecular complexity index is 624. The van der Waals surface area contributed by atoms with E-state index in [1.807, 2.05) is 7.05 Å². The van der Waals surface area contributed by atoms with Crippen LogP contribution in [0.15, 0.2) is 17.5 Å². The van der Waals surface area contributed by atoms with Crippen molar-refractivity contribution in [2.24, 2.45) is 0 Å². The number of nitrogens with zero attached hydrogens (tertiary/aromatic N) is 1. The normalized spacial score (nSPS) is 16.9. The molecule has 2 heterocycles. The van der Waals surface area contributed by atoms with E-state index in [1.165, 1.54) is 5.56 Å². The first kappa shape index (κ1) is 13.4. The van der Waals surface area contributed by atoms with Gasteiger partial charge in [-0.05, 0) is 26.1 Å². The zero-order valence-corrected chi connectivity index (χ0v) is 12.7. The summed E-state index contributed by atoms with van der Waals surface area (Å²) < 4.78 is 11.4. The summed E-state index contributed by atoms with van der Waals surface area (Å²) in [7, 11) is 3.62. The van der Waals surface area contributed by atoms with Gasteiger partial charge in [-0.15, -0.1) is 11.3 Å². The van der Waals surface area contributed by atoms with E-state index in [2.05, 4.69) is 34.7 Å². The molecule has 1 aliphatic heterocycles. The number of ether oxygens (including phenoxy) is 2. The Hall–Kier alpha value is -1.59. The van der Waals surface area contributed by atoms with Crippen molar-refractivity contribution in [2.45, 2.75) is 26.0 Å². The number of nitrogens with one attached hydrogen (secondary N) is 1. The van der Waals surface area contributed by atoms with Crippen LogP contribution < -0.4 is 14.8 Å². The lowest BCUT2D eigenvalue weighted by Crippen LogP contribution is -2.05. The van der Waals surface area contributed by atoms with Crippen LogP contribution in [0.1, 0.15) is 18.2 Å². The number of methoxy groups -OCH3 is 1. The summed E-state index contributed by atoms with van der Waals surface area (Å²) in [6, 6.07) is 4.13. The molecule has 0 amide bonds. The third kappa shape index (κ3) is 2.39. The quantitative estimate of drug-likeness (QED) is 0.940. The molecule has 0 saturated carbocycles. The molecule has 2 aromatic rings. The molecule has 4 nitrogen and oxygen atoms in total. The van der Waals surface area contributed by atoms with Crippen LogP contribution in [0.5, 0.6) is 11.5 Å². The van der Waals surface area contributed by atoms with Gasteiger partial charge in [0.25, 0.3) is 0 Å². The van der Waals surface area contributed by atoms with Gasteiger partial charge in [0.2, 0.25) is 0 Å². The minimum absolute atomic E-state index is 0.237. The van der Waals surface area contributed by atoms with E-state index in [0.717, 1.165) is 40.7 Å². The van der Waals surface area contributed by atoms with Gasteiger partial charge in [-0.2, -0.15) is 0 Å². The van der Waals surface area contributed by atoms with Crippen LogP contribution >= 0.6 is 11.3 Å².